The van der Waals surface area contributed by atoms with Crippen LogP contribution < -0.4 is 14.4 Å². The van der Waals surface area contributed by atoms with Gasteiger partial charge >= 0.3 is 5.97 Å². The maximum atomic E-state index is 11.6. The number of para-hydroxylation sites is 1. The van der Waals surface area contributed by atoms with Gasteiger partial charge in [0.15, 0.2) is 11.5 Å². The fourth-order valence-electron chi connectivity index (χ4n) is 3.55. The Bertz CT molecular complexity index is 1290. The summed E-state index contributed by atoms with van der Waals surface area (Å²) < 4.78 is 16.3. The standard InChI is InChI=1S/C26H25N3O4/c1-17-27-22-8-6-5-7-21(22)25(28-17)29(2)20-13-14-23(31-3)24(15-20)33-16-18-9-11-19(12-10-18)26(30)32-4/h5-15H,16H2,1-4H3. The van der Waals surface area contributed by atoms with Gasteiger partial charge in [-0.15, -0.1) is 0 Å². The number of fused-ring (bicyclic) bond motifs is 1. The summed E-state index contributed by atoms with van der Waals surface area (Å²) in [5, 5.41) is 0.967. The number of anilines is 2. The van der Waals surface area contributed by atoms with Gasteiger partial charge in [0, 0.05) is 24.2 Å². The summed E-state index contributed by atoms with van der Waals surface area (Å²) in [7, 11) is 4.94. The lowest BCUT2D eigenvalue weighted by Crippen LogP contribution is -2.13. The highest BCUT2D eigenvalue weighted by molar-refractivity contribution is 5.91. The number of aryl methyl sites for hydroxylation is 1. The molecule has 0 saturated carbocycles. The molecule has 7 heteroatoms. The van der Waals surface area contributed by atoms with Crippen LogP contribution in [-0.4, -0.2) is 37.2 Å². The van der Waals surface area contributed by atoms with Crippen LogP contribution in [0.3, 0.4) is 0 Å². The van der Waals surface area contributed by atoms with Crippen LogP contribution in [0.1, 0.15) is 21.7 Å². The molecule has 0 amide bonds. The van der Waals surface area contributed by atoms with Crippen LogP contribution in [0.4, 0.5) is 11.5 Å². The zero-order chi connectivity index (χ0) is 23.4. The molecule has 1 aromatic heterocycles. The molecule has 0 aliphatic rings. The Hall–Kier alpha value is -4.13. The SMILES string of the molecule is COC(=O)c1ccc(COc2cc(N(C)c3nc(C)nc4ccccc34)ccc2OC)cc1. The number of methoxy groups -OCH3 is 2. The van der Waals surface area contributed by atoms with Gasteiger partial charge < -0.3 is 19.1 Å². The molecule has 0 aliphatic carbocycles. The molecule has 0 N–H and O–H groups in total. The van der Waals surface area contributed by atoms with Crippen LogP contribution in [0, 0.1) is 6.92 Å². The number of carbonyl (C=O) groups excluding carboxylic acids is 1. The van der Waals surface area contributed by atoms with Crippen molar-refractivity contribution < 1.29 is 19.0 Å². The Morgan fingerprint density at radius 2 is 1.70 bits per heavy atom. The number of ether oxygens (including phenoxy) is 3. The van der Waals surface area contributed by atoms with Crippen molar-refractivity contribution in [2.75, 3.05) is 26.2 Å². The molecule has 0 saturated heterocycles. The Morgan fingerprint density at radius 1 is 0.939 bits per heavy atom. The van der Waals surface area contributed by atoms with Crippen molar-refractivity contribution in [3.63, 3.8) is 0 Å². The summed E-state index contributed by atoms with van der Waals surface area (Å²) in [6.45, 7) is 2.21. The van der Waals surface area contributed by atoms with Crippen molar-refractivity contribution >= 4 is 28.4 Å². The number of nitrogens with zero attached hydrogens (tertiary/aromatic N) is 3. The Morgan fingerprint density at radius 3 is 2.42 bits per heavy atom. The Kier molecular flexibility index (Phi) is 6.40. The van der Waals surface area contributed by atoms with E-state index in [0.717, 1.165) is 28.0 Å². The first-order valence-electron chi connectivity index (χ1n) is 10.5. The predicted octanol–water partition coefficient (Wildman–Crippen LogP) is 5.08. The first kappa shape index (κ1) is 22.1. The van der Waals surface area contributed by atoms with Crippen molar-refractivity contribution in [3.8, 4) is 11.5 Å². The van der Waals surface area contributed by atoms with Crippen molar-refractivity contribution in [1.82, 2.24) is 9.97 Å². The zero-order valence-corrected chi connectivity index (χ0v) is 19.0. The second kappa shape index (κ2) is 9.56. The van der Waals surface area contributed by atoms with Crippen LogP contribution in [0.5, 0.6) is 11.5 Å². The number of aromatic nitrogens is 2. The van der Waals surface area contributed by atoms with Gasteiger partial charge in [0.1, 0.15) is 18.2 Å². The van der Waals surface area contributed by atoms with Gasteiger partial charge in [0.25, 0.3) is 0 Å². The van der Waals surface area contributed by atoms with Crippen molar-refractivity contribution in [1.29, 1.82) is 0 Å². The molecule has 4 aromatic rings. The second-order valence-corrected chi connectivity index (χ2v) is 7.48. The van der Waals surface area contributed by atoms with Crippen LogP contribution in [0.25, 0.3) is 10.9 Å². The molecular weight excluding hydrogens is 418 g/mol. The number of benzene rings is 3. The lowest BCUT2D eigenvalue weighted by molar-refractivity contribution is 0.0600. The van der Waals surface area contributed by atoms with E-state index in [-0.39, 0.29) is 5.97 Å². The molecule has 168 valence electrons. The van der Waals surface area contributed by atoms with E-state index in [0.29, 0.717) is 29.5 Å². The molecule has 0 aliphatic heterocycles. The Balaban J connectivity index is 1.60. The summed E-state index contributed by atoms with van der Waals surface area (Å²) in [6.07, 6.45) is 0. The van der Waals surface area contributed by atoms with Crippen LogP contribution in [-0.2, 0) is 11.3 Å². The maximum Gasteiger partial charge on any atom is 0.337 e. The van der Waals surface area contributed by atoms with E-state index in [1.807, 2.05) is 73.5 Å². The highest BCUT2D eigenvalue weighted by atomic mass is 16.5. The summed E-state index contributed by atoms with van der Waals surface area (Å²) in [5.74, 6) is 2.38. The van der Waals surface area contributed by atoms with E-state index in [9.17, 15) is 4.79 Å². The van der Waals surface area contributed by atoms with E-state index in [1.54, 1.807) is 19.2 Å². The molecule has 0 atom stereocenters. The van der Waals surface area contributed by atoms with Crippen molar-refractivity contribution in [3.05, 3.63) is 83.7 Å². The average molecular weight is 444 g/mol. The third kappa shape index (κ3) is 4.72. The first-order chi connectivity index (χ1) is 16.0. The quantitative estimate of drug-likeness (QED) is 0.369. The van der Waals surface area contributed by atoms with E-state index >= 15 is 0 Å². The first-order valence-corrected chi connectivity index (χ1v) is 10.5. The van der Waals surface area contributed by atoms with Gasteiger partial charge in [-0.3, -0.25) is 0 Å². The third-order valence-electron chi connectivity index (χ3n) is 5.32. The van der Waals surface area contributed by atoms with Gasteiger partial charge in [0.05, 0.1) is 25.3 Å². The molecule has 33 heavy (non-hydrogen) atoms. The number of hydrogen-bond acceptors (Lipinski definition) is 7. The summed E-state index contributed by atoms with van der Waals surface area (Å²) in [4.78, 5) is 22.8. The van der Waals surface area contributed by atoms with E-state index in [2.05, 4.69) is 9.97 Å². The molecule has 7 nitrogen and oxygen atoms in total. The second-order valence-electron chi connectivity index (χ2n) is 7.48. The minimum Gasteiger partial charge on any atom is -0.493 e. The largest absolute Gasteiger partial charge is 0.493 e. The molecule has 0 spiro atoms. The van der Waals surface area contributed by atoms with Crippen molar-refractivity contribution in [2.24, 2.45) is 0 Å². The molecular formula is C26H25N3O4. The topological polar surface area (TPSA) is 73.8 Å². The molecule has 4 rings (SSSR count). The van der Waals surface area contributed by atoms with Crippen LogP contribution in [0.15, 0.2) is 66.7 Å². The summed E-state index contributed by atoms with van der Waals surface area (Å²) in [6, 6.07) is 20.8. The number of rotatable bonds is 7. The highest BCUT2D eigenvalue weighted by Crippen LogP contribution is 2.35. The monoisotopic (exact) mass is 443 g/mol. The predicted molar refractivity (Wildman–Crippen MR) is 127 cm³/mol. The molecule has 0 radical (unpaired) electrons. The van der Waals surface area contributed by atoms with Crippen molar-refractivity contribution in [2.45, 2.75) is 13.5 Å². The fourth-order valence-corrected chi connectivity index (χ4v) is 3.55. The molecule has 0 bridgehead atoms. The zero-order valence-electron chi connectivity index (χ0n) is 19.0. The van der Waals surface area contributed by atoms with Gasteiger partial charge in [0.2, 0.25) is 0 Å². The normalized spacial score (nSPS) is 10.7. The minimum atomic E-state index is -0.368. The van der Waals surface area contributed by atoms with E-state index in [4.69, 9.17) is 14.2 Å². The number of carbonyl (C=O) groups is 1. The molecule has 0 fully saturated rings. The third-order valence-corrected chi connectivity index (χ3v) is 5.32. The van der Waals surface area contributed by atoms with E-state index in [1.165, 1.54) is 7.11 Å². The maximum absolute atomic E-state index is 11.6. The van der Waals surface area contributed by atoms with E-state index < -0.39 is 0 Å². The lowest BCUT2D eigenvalue weighted by Gasteiger charge is -2.22. The fraction of sp³-hybridized carbons (Fsp3) is 0.192. The molecule has 1 heterocycles. The van der Waals surface area contributed by atoms with Gasteiger partial charge in [-0.1, -0.05) is 24.3 Å². The Labute approximate surface area is 192 Å². The van der Waals surface area contributed by atoms with Gasteiger partial charge in [-0.25, -0.2) is 14.8 Å². The summed E-state index contributed by atoms with van der Waals surface area (Å²) >= 11 is 0. The molecule has 3 aromatic carbocycles. The van der Waals surface area contributed by atoms with Gasteiger partial charge in [-0.2, -0.15) is 0 Å². The minimum absolute atomic E-state index is 0.320. The average Bonchev–Trinajstić information content (AvgIpc) is 2.86. The number of esters is 1. The van der Waals surface area contributed by atoms with Gasteiger partial charge in [-0.05, 0) is 48.9 Å². The highest BCUT2D eigenvalue weighted by Gasteiger charge is 2.15. The summed E-state index contributed by atoms with van der Waals surface area (Å²) in [5.41, 5.74) is 3.21. The van der Waals surface area contributed by atoms with Crippen LogP contribution >= 0.6 is 0 Å². The smallest absolute Gasteiger partial charge is 0.337 e. The lowest BCUT2D eigenvalue weighted by atomic mass is 10.1. The molecule has 0 unspecified atom stereocenters. The van der Waals surface area contributed by atoms with Crippen LogP contribution in [0.2, 0.25) is 0 Å². The number of hydrogen-bond donors (Lipinski definition) is 0.